The van der Waals surface area contributed by atoms with Crippen LogP contribution < -0.4 is 10.1 Å². The number of carbonyl (C=O) groups excluding carboxylic acids is 2. The van der Waals surface area contributed by atoms with Crippen molar-refractivity contribution >= 4 is 22.8 Å². The number of hydrogen-bond acceptors (Lipinski definition) is 6. The number of aromatic nitrogens is 3. The van der Waals surface area contributed by atoms with Crippen LogP contribution >= 0.6 is 0 Å². The van der Waals surface area contributed by atoms with E-state index < -0.39 is 0 Å². The van der Waals surface area contributed by atoms with Gasteiger partial charge in [-0.1, -0.05) is 18.2 Å². The van der Waals surface area contributed by atoms with Gasteiger partial charge in [-0.15, -0.1) is 15.0 Å². The molecule has 1 aromatic heterocycles. The monoisotopic (exact) mass is 437 g/mol. The number of aliphatic hydroxyl groups excluding tert-OH is 1. The number of fused-ring (bicyclic) bond motifs is 1. The number of rotatable bonds is 7. The van der Waals surface area contributed by atoms with E-state index in [0.29, 0.717) is 30.9 Å². The number of carbonyl (C=O) groups is 2. The Labute approximate surface area is 186 Å². The van der Waals surface area contributed by atoms with Crippen molar-refractivity contribution in [2.24, 2.45) is 0 Å². The zero-order valence-corrected chi connectivity index (χ0v) is 18.0. The van der Waals surface area contributed by atoms with E-state index in [1.54, 1.807) is 17.9 Å². The van der Waals surface area contributed by atoms with Crippen molar-refractivity contribution in [1.29, 1.82) is 0 Å². The van der Waals surface area contributed by atoms with Gasteiger partial charge in [0.15, 0.2) is 6.61 Å². The highest BCUT2D eigenvalue weighted by Crippen LogP contribution is 2.25. The van der Waals surface area contributed by atoms with E-state index in [1.807, 2.05) is 36.4 Å². The standard InChI is InChI=1S/C23H27N5O4/c1-16(30)27-11-8-18(9-12-27)24-23(31)15-32-22-7-6-17(10-13-29)14-21(22)28-25-19-4-2-3-5-20(19)26-28/h2-7,14,18,29H,8-13,15H2,1H3,(H,24,31). The first-order valence-corrected chi connectivity index (χ1v) is 10.8. The van der Waals surface area contributed by atoms with Crippen LogP contribution in [-0.2, 0) is 16.0 Å². The first-order chi connectivity index (χ1) is 15.5. The number of ether oxygens (including phenoxy) is 1. The fourth-order valence-corrected chi connectivity index (χ4v) is 3.84. The SMILES string of the molecule is CC(=O)N1CCC(NC(=O)COc2ccc(CCO)cc2-n2nc3ccccc3n2)CC1. The Balaban J connectivity index is 1.45. The third-order valence-corrected chi connectivity index (χ3v) is 5.59. The molecule has 2 heterocycles. The lowest BCUT2D eigenvalue weighted by Gasteiger charge is -2.31. The zero-order valence-electron chi connectivity index (χ0n) is 18.0. The second-order valence-corrected chi connectivity index (χ2v) is 7.89. The maximum Gasteiger partial charge on any atom is 0.258 e. The second-order valence-electron chi connectivity index (χ2n) is 7.89. The van der Waals surface area contributed by atoms with Crippen molar-refractivity contribution in [2.45, 2.75) is 32.2 Å². The lowest BCUT2D eigenvalue weighted by Crippen LogP contribution is -2.47. The van der Waals surface area contributed by atoms with Gasteiger partial charge in [0.1, 0.15) is 22.5 Å². The van der Waals surface area contributed by atoms with Crippen LogP contribution in [0.5, 0.6) is 5.75 Å². The summed E-state index contributed by atoms with van der Waals surface area (Å²) in [6, 6.07) is 13.1. The van der Waals surface area contributed by atoms with Gasteiger partial charge in [0, 0.05) is 32.7 Å². The van der Waals surface area contributed by atoms with Crippen molar-refractivity contribution in [3.05, 3.63) is 48.0 Å². The summed E-state index contributed by atoms with van der Waals surface area (Å²) in [5, 5.41) is 21.3. The molecule has 32 heavy (non-hydrogen) atoms. The Morgan fingerprint density at radius 1 is 1.12 bits per heavy atom. The Kier molecular flexibility index (Phi) is 6.65. The summed E-state index contributed by atoms with van der Waals surface area (Å²) in [5.41, 5.74) is 3.02. The highest BCUT2D eigenvalue weighted by atomic mass is 16.5. The van der Waals surface area contributed by atoms with Gasteiger partial charge in [0.05, 0.1) is 0 Å². The molecule has 0 radical (unpaired) electrons. The Morgan fingerprint density at radius 3 is 2.44 bits per heavy atom. The van der Waals surface area contributed by atoms with Crippen LogP contribution in [0, 0.1) is 0 Å². The normalized spacial score (nSPS) is 14.5. The number of aliphatic hydroxyl groups is 1. The molecule has 1 aliphatic heterocycles. The van der Waals surface area contributed by atoms with E-state index in [-0.39, 0.29) is 31.1 Å². The molecular formula is C23H27N5O4. The molecule has 168 valence electrons. The predicted molar refractivity (Wildman–Crippen MR) is 119 cm³/mol. The smallest absolute Gasteiger partial charge is 0.258 e. The number of benzene rings is 2. The molecule has 0 saturated carbocycles. The van der Waals surface area contributed by atoms with Crippen LogP contribution in [0.25, 0.3) is 16.7 Å². The largest absolute Gasteiger partial charge is 0.481 e. The van der Waals surface area contributed by atoms with Gasteiger partial charge in [-0.3, -0.25) is 9.59 Å². The van der Waals surface area contributed by atoms with E-state index in [1.165, 1.54) is 4.80 Å². The van der Waals surface area contributed by atoms with Crippen LogP contribution in [0.2, 0.25) is 0 Å². The van der Waals surface area contributed by atoms with E-state index >= 15 is 0 Å². The third kappa shape index (κ3) is 5.05. The van der Waals surface area contributed by atoms with Gasteiger partial charge in [0.2, 0.25) is 5.91 Å². The topological polar surface area (TPSA) is 110 Å². The zero-order chi connectivity index (χ0) is 22.5. The van der Waals surface area contributed by atoms with Crippen LogP contribution in [0.3, 0.4) is 0 Å². The van der Waals surface area contributed by atoms with Gasteiger partial charge in [-0.25, -0.2) is 0 Å². The fourth-order valence-electron chi connectivity index (χ4n) is 3.84. The van der Waals surface area contributed by atoms with Gasteiger partial charge < -0.3 is 20.1 Å². The summed E-state index contributed by atoms with van der Waals surface area (Å²) in [7, 11) is 0. The van der Waals surface area contributed by atoms with Crippen LogP contribution in [0.4, 0.5) is 0 Å². The molecule has 1 fully saturated rings. The van der Waals surface area contributed by atoms with Crippen LogP contribution in [0.15, 0.2) is 42.5 Å². The predicted octanol–water partition coefficient (Wildman–Crippen LogP) is 1.46. The Hall–Kier alpha value is -3.46. The molecule has 0 bridgehead atoms. The average Bonchev–Trinajstić information content (AvgIpc) is 3.23. The molecule has 0 aliphatic carbocycles. The molecule has 9 nitrogen and oxygen atoms in total. The van der Waals surface area contributed by atoms with Crippen LogP contribution in [0.1, 0.15) is 25.3 Å². The number of piperidine rings is 1. The van der Waals surface area contributed by atoms with E-state index in [4.69, 9.17) is 4.74 Å². The molecule has 2 amide bonds. The molecule has 3 aromatic rings. The first kappa shape index (κ1) is 21.8. The molecule has 2 N–H and O–H groups in total. The highest BCUT2D eigenvalue weighted by molar-refractivity contribution is 5.78. The summed E-state index contributed by atoms with van der Waals surface area (Å²) >= 11 is 0. The molecule has 1 aliphatic rings. The third-order valence-electron chi connectivity index (χ3n) is 5.59. The molecular weight excluding hydrogens is 410 g/mol. The summed E-state index contributed by atoms with van der Waals surface area (Å²) in [5.74, 6) is 0.332. The lowest BCUT2D eigenvalue weighted by molar-refractivity contribution is -0.130. The maximum atomic E-state index is 12.5. The van der Waals surface area contributed by atoms with E-state index in [0.717, 1.165) is 29.4 Å². The van der Waals surface area contributed by atoms with Crippen molar-refractivity contribution in [1.82, 2.24) is 25.2 Å². The lowest BCUT2D eigenvalue weighted by atomic mass is 10.1. The van der Waals surface area contributed by atoms with Gasteiger partial charge in [-0.05, 0) is 49.1 Å². The number of nitrogens with zero attached hydrogens (tertiary/aromatic N) is 4. The van der Waals surface area contributed by atoms with Crippen molar-refractivity contribution in [3.8, 4) is 11.4 Å². The molecule has 0 spiro atoms. The molecule has 2 aromatic carbocycles. The fraction of sp³-hybridized carbons (Fsp3) is 0.391. The minimum absolute atomic E-state index is 0.0268. The van der Waals surface area contributed by atoms with E-state index in [2.05, 4.69) is 15.5 Å². The molecule has 1 saturated heterocycles. The molecule has 0 atom stereocenters. The number of hydrogen-bond donors (Lipinski definition) is 2. The molecule has 4 rings (SSSR count). The van der Waals surface area contributed by atoms with Gasteiger partial charge in [-0.2, -0.15) is 0 Å². The minimum Gasteiger partial charge on any atom is -0.481 e. The quantitative estimate of drug-likeness (QED) is 0.579. The maximum absolute atomic E-state index is 12.5. The summed E-state index contributed by atoms with van der Waals surface area (Å²) in [6.45, 7) is 2.75. The number of likely N-dealkylation sites (tertiary alicyclic amines) is 1. The summed E-state index contributed by atoms with van der Waals surface area (Å²) < 4.78 is 5.84. The minimum atomic E-state index is -0.213. The summed E-state index contributed by atoms with van der Waals surface area (Å²) in [4.78, 5) is 27.2. The van der Waals surface area contributed by atoms with Crippen LogP contribution in [-0.4, -0.2) is 69.2 Å². The van der Waals surface area contributed by atoms with Gasteiger partial charge in [0.25, 0.3) is 5.91 Å². The summed E-state index contributed by atoms with van der Waals surface area (Å²) in [6.07, 6.45) is 1.96. The molecule has 0 unspecified atom stereocenters. The van der Waals surface area contributed by atoms with Crippen molar-refractivity contribution < 1.29 is 19.4 Å². The molecule has 9 heteroatoms. The first-order valence-electron chi connectivity index (χ1n) is 10.8. The van der Waals surface area contributed by atoms with E-state index in [9.17, 15) is 14.7 Å². The highest BCUT2D eigenvalue weighted by Gasteiger charge is 2.22. The van der Waals surface area contributed by atoms with Crippen molar-refractivity contribution in [3.63, 3.8) is 0 Å². The number of amides is 2. The second kappa shape index (κ2) is 9.78. The van der Waals surface area contributed by atoms with Gasteiger partial charge >= 0.3 is 0 Å². The van der Waals surface area contributed by atoms with Crippen molar-refractivity contribution in [2.75, 3.05) is 26.3 Å². The Bertz CT molecular complexity index is 1070. The average molecular weight is 438 g/mol. The Morgan fingerprint density at radius 2 is 1.81 bits per heavy atom. The number of nitrogens with one attached hydrogen (secondary N) is 1.